The molecule has 2 fully saturated rings. The maximum absolute atomic E-state index is 14.5. The van der Waals surface area contributed by atoms with Crippen molar-refractivity contribution in [3.8, 4) is 0 Å². The third kappa shape index (κ3) is 3.32. The van der Waals surface area contributed by atoms with E-state index >= 15 is 0 Å². The molecule has 2 aliphatic carbocycles. The molecule has 6 bridgehead atoms. The molecule has 1 amide bonds. The minimum Gasteiger partial charge on any atom is -0.616 e. The summed E-state index contributed by atoms with van der Waals surface area (Å²) in [6.45, 7) is 0. The molecule has 2 aromatic rings. The number of nitrogens with one attached hydrogen (secondary N) is 2. The van der Waals surface area contributed by atoms with Crippen LogP contribution in [0.1, 0.15) is 18.4 Å². The molecule has 1 aliphatic heterocycles. The van der Waals surface area contributed by atoms with E-state index < -0.39 is 28.8 Å². The van der Waals surface area contributed by atoms with Crippen molar-refractivity contribution in [1.82, 2.24) is 9.97 Å². The van der Waals surface area contributed by atoms with Gasteiger partial charge in [0.1, 0.15) is 11.0 Å². The summed E-state index contributed by atoms with van der Waals surface area (Å²) in [5.74, 6) is -0.489. The van der Waals surface area contributed by atoms with Gasteiger partial charge < -0.3 is 20.9 Å². The summed E-state index contributed by atoms with van der Waals surface area (Å²) in [6, 6.07) is 7.38. The maximum atomic E-state index is 14.5. The van der Waals surface area contributed by atoms with Gasteiger partial charge in [0.15, 0.2) is 11.6 Å². The highest BCUT2D eigenvalue weighted by atomic mass is 32.2. The third-order valence-corrected chi connectivity index (χ3v) is 8.26. The van der Waals surface area contributed by atoms with Crippen LogP contribution in [0.5, 0.6) is 0 Å². The van der Waals surface area contributed by atoms with Crippen molar-refractivity contribution in [2.24, 2.45) is 23.5 Å². The Labute approximate surface area is 170 Å². The van der Waals surface area contributed by atoms with Crippen molar-refractivity contribution < 1.29 is 13.7 Å². The molecule has 2 saturated carbocycles. The SMILES string of the molecule is NC(=O)[C@H]1[C@H]2C[C@H]3[C@H]1Nc1nc(ncc1F)Nc1cccc(c1)CC[S+]([O-])[C@@H]3C2. The first kappa shape index (κ1) is 18.6. The number of carbonyl (C=O) groups is 1. The van der Waals surface area contributed by atoms with Gasteiger partial charge >= 0.3 is 0 Å². The van der Waals surface area contributed by atoms with Crippen molar-refractivity contribution in [2.75, 3.05) is 16.4 Å². The van der Waals surface area contributed by atoms with Gasteiger partial charge in [-0.05, 0) is 36.5 Å². The van der Waals surface area contributed by atoms with E-state index in [4.69, 9.17) is 5.73 Å². The number of benzene rings is 1. The molecular formula is C20H22FN5O2S. The molecule has 152 valence electrons. The molecule has 0 spiro atoms. The van der Waals surface area contributed by atoms with Gasteiger partial charge in [0.2, 0.25) is 11.9 Å². The van der Waals surface area contributed by atoms with E-state index in [-0.39, 0.29) is 34.9 Å². The summed E-state index contributed by atoms with van der Waals surface area (Å²) in [4.78, 5) is 20.5. The first-order chi connectivity index (χ1) is 14.0. The number of halogens is 1. The predicted molar refractivity (Wildman–Crippen MR) is 109 cm³/mol. The molecule has 1 aromatic carbocycles. The van der Waals surface area contributed by atoms with Gasteiger partial charge in [-0.3, -0.25) is 4.79 Å². The Hall–Kier alpha value is -2.39. The Morgan fingerprint density at radius 2 is 2.21 bits per heavy atom. The van der Waals surface area contributed by atoms with E-state index in [1.807, 2.05) is 24.3 Å². The first-order valence-electron chi connectivity index (χ1n) is 9.81. The van der Waals surface area contributed by atoms with Crippen LogP contribution in [0.25, 0.3) is 0 Å². The fourth-order valence-corrected chi connectivity index (χ4v) is 7.07. The zero-order chi connectivity index (χ0) is 20.1. The minimum absolute atomic E-state index is 0.00150. The topological polar surface area (TPSA) is 116 Å². The summed E-state index contributed by atoms with van der Waals surface area (Å²) in [5, 5.41) is 6.19. The predicted octanol–water partition coefficient (Wildman–Crippen LogP) is 1.95. The van der Waals surface area contributed by atoms with Crippen LogP contribution in [0.2, 0.25) is 0 Å². The Morgan fingerprint density at radius 3 is 3.03 bits per heavy atom. The lowest BCUT2D eigenvalue weighted by molar-refractivity contribution is -0.123. The second-order valence-corrected chi connectivity index (χ2v) is 9.86. The number of fused-ring (bicyclic) bond motifs is 5. The number of carbonyl (C=O) groups excluding carboxylic acids is 1. The lowest BCUT2D eigenvalue weighted by atomic mass is 9.83. The van der Waals surface area contributed by atoms with Gasteiger partial charge in [-0.1, -0.05) is 23.3 Å². The molecule has 2 heterocycles. The summed E-state index contributed by atoms with van der Waals surface area (Å²) >= 11 is -1.04. The van der Waals surface area contributed by atoms with Crippen LogP contribution in [0.4, 0.5) is 21.8 Å². The lowest BCUT2D eigenvalue weighted by Crippen LogP contribution is -2.49. The van der Waals surface area contributed by atoms with Crippen LogP contribution >= 0.6 is 0 Å². The molecule has 29 heavy (non-hydrogen) atoms. The molecule has 7 nitrogen and oxygen atoms in total. The van der Waals surface area contributed by atoms with Gasteiger partial charge in [-0.2, -0.15) is 4.98 Å². The summed E-state index contributed by atoms with van der Waals surface area (Å²) in [5.41, 5.74) is 7.52. The van der Waals surface area contributed by atoms with Gasteiger partial charge in [0, 0.05) is 24.1 Å². The zero-order valence-corrected chi connectivity index (χ0v) is 16.5. The number of aryl methyl sites for hydroxylation is 1. The third-order valence-electron chi connectivity index (χ3n) is 6.43. The molecule has 3 aliphatic rings. The number of nitrogens with zero attached hydrogens (tertiary/aromatic N) is 2. The number of primary amides is 1. The molecule has 0 radical (unpaired) electrons. The summed E-state index contributed by atoms with van der Waals surface area (Å²) in [6.07, 6.45) is 3.30. The highest BCUT2D eigenvalue weighted by Gasteiger charge is 2.58. The number of hydrogen-bond donors (Lipinski definition) is 3. The van der Waals surface area contributed by atoms with Crippen LogP contribution in [-0.2, 0) is 22.4 Å². The largest absolute Gasteiger partial charge is 0.616 e. The molecule has 6 atom stereocenters. The van der Waals surface area contributed by atoms with E-state index in [1.165, 1.54) is 0 Å². The van der Waals surface area contributed by atoms with E-state index in [0.717, 1.165) is 30.3 Å². The monoisotopic (exact) mass is 415 g/mol. The van der Waals surface area contributed by atoms with Crippen molar-refractivity contribution >= 4 is 34.5 Å². The van der Waals surface area contributed by atoms with Gasteiger partial charge in [-0.25, -0.2) is 9.37 Å². The summed E-state index contributed by atoms with van der Waals surface area (Å²) in [7, 11) is 0. The second kappa shape index (κ2) is 7.14. The number of anilines is 3. The average Bonchev–Trinajstić information content (AvgIpc) is 3.27. The van der Waals surface area contributed by atoms with E-state index in [2.05, 4.69) is 20.6 Å². The van der Waals surface area contributed by atoms with E-state index in [1.54, 1.807) is 0 Å². The standard InChI is InChI=1S/C20H22FN5O2S/c21-14-9-23-20-24-12-3-1-2-10(6-12)4-5-29(28)15-8-11-7-13(15)17(16(11)18(22)27)25-19(14)26-20/h1-3,6,9,11,13,15-17H,4-5,7-8H2,(H2,22,27)(H2,23,24,25,26)/t11-,13+,15+,16-,17+,29?/m0/s1. The Morgan fingerprint density at radius 1 is 1.34 bits per heavy atom. The average molecular weight is 415 g/mol. The maximum Gasteiger partial charge on any atom is 0.229 e. The minimum atomic E-state index is -1.04. The van der Waals surface area contributed by atoms with Crippen LogP contribution in [0, 0.1) is 23.6 Å². The van der Waals surface area contributed by atoms with Crippen LogP contribution in [-0.4, -0.2) is 37.5 Å². The van der Waals surface area contributed by atoms with Gasteiger partial charge in [0.25, 0.3) is 0 Å². The fourth-order valence-electron chi connectivity index (χ4n) is 5.20. The fraction of sp³-hybridized carbons (Fsp3) is 0.450. The smallest absolute Gasteiger partial charge is 0.229 e. The van der Waals surface area contributed by atoms with Crippen LogP contribution < -0.4 is 16.4 Å². The van der Waals surface area contributed by atoms with Crippen LogP contribution in [0.3, 0.4) is 0 Å². The van der Waals surface area contributed by atoms with Crippen molar-refractivity contribution in [1.29, 1.82) is 0 Å². The molecule has 1 unspecified atom stereocenters. The number of nitrogens with two attached hydrogens (primary N) is 1. The molecule has 9 heteroatoms. The van der Waals surface area contributed by atoms with Gasteiger partial charge in [-0.15, -0.1) is 0 Å². The van der Waals surface area contributed by atoms with E-state index in [0.29, 0.717) is 12.2 Å². The van der Waals surface area contributed by atoms with Crippen molar-refractivity contribution in [3.63, 3.8) is 0 Å². The second-order valence-electron chi connectivity index (χ2n) is 8.08. The molecular weight excluding hydrogens is 393 g/mol. The number of amides is 1. The number of aromatic nitrogens is 2. The van der Waals surface area contributed by atoms with Crippen molar-refractivity contribution in [2.45, 2.75) is 30.6 Å². The lowest BCUT2D eigenvalue weighted by Gasteiger charge is -2.35. The summed E-state index contributed by atoms with van der Waals surface area (Å²) < 4.78 is 27.6. The number of hydrogen-bond acceptors (Lipinski definition) is 6. The van der Waals surface area contributed by atoms with Gasteiger partial charge in [0.05, 0.1) is 12.1 Å². The van der Waals surface area contributed by atoms with Crippen LogP contribution in [0.15, 0.2) is 30.5 Å². The zero-order valence-electron chi connectivity index (χ0n) is 15.7. The normalized spacial score (nSPS) is 32.8. The quantitative estimate of drug-likeness (QED) is 0.613. The Bertz CT molecular complexity index is 960. The number of rotatable bonds is 1. The molecule has 4 N–H and O–H groups in total. The Balaban J connectivity index is 1.56. The molecule has 1 aromatic heterocycles. The highest BCUT2D eigenvalue weighted by Crippen LogP contribution is 2.52. The highest BCUT2D eigenvalue weighted by molar-refractivity contribution is 7.92. The Kier molecular flexibility index (Phi) is 4.59. The first-order valence-corrected chi connectivity index (χ1v) is 11.2. The van der Waals surface area contributed by atoms with Crippen molar-refractivity contribution in [3.05, 3.63) is 41.8 Å². The van der Waals surface area contributed by atoms with E-state index in [9.17, 15) is 13.7 Å². The molecule has 0 saturated heterocycles. The molecule has 5 rings (SSSR count).